The first-order chi connectivity index (χ1) is 8.09. The Hall–Kier alpha value is -1.57. The minimum atomic E-state index is -2.41. The van der Waals surface area contributed by atoms with E-state index >= 15 is 0 Å². The van der Waals surface area contributed by atoms with Crippen molar-refractivity contribution < 1.29 is 13.2 Å². The predicted octanol–water partition coefficient (Wildman–Crippen LogP) is 1.92. The minimum absolute atomic E-state index is 0.251. The van der Waals surface area contributed by atoms with Crippen molar-refractivity contribution in [3.63, 3.8) is 0 Å². The Morgan fingerprint density at radius 1 is 1.53 bits per heavy atom. The molecule has 5 nitrogen and oxygen atoms in total. The number of thioether (sulfide) groups is 1. The fourth-order valence-electron chi connectivity index (χ4n) is 1.31. The van der Waals surface area contributed by atoms with E-state index in [1.807, 2.05) is 0 Å². The molecule has 2 N–H and O–H groups in total. The van der Waals surface area contributed by atoms with Crippen LogP contribution in [0, 0.1) is 6.92 Å². The van der Waals surface area contributed by atoms with Crippen LogP contribution >= 0.6 is 11.8 Å². The Morgan fingerprint density at radius 2 is 2.29 bits per heavy atom. The van der Waals surface area contributed by atoms with Crippen molar-refractivity contribution in [2.45, 2.75) is 18.5 Å². The molecule has 0 amide bonds. The van der Waals surface area contributed by atoms with E-state index in [-0.39, 0.29) is 10.9 Å². The van der Waals surface area contributed by atoms with Gasteiger partial charge in [0.25, 0.3) is 0 Å². The largest absolute Gasteiger partial charge is 0.469 e. The molecule has 2 aromatic heterocycles. The number of nitrogens with zero attached hydrogens (tertiary/aromatic N) is 3. The second-order valence-electron chi connectivity index (χ2n) is 3.27. The number of nitrogen functional groups attached to an aromatic ring is 1. The Kier molecular flexibility index (Phi) is 3.32. The SMILES string of the molecule is Cc1occc1-c1nnc(SCC(F)F)n1N. The molecule has 0 atom stereocenters. The summed E-state index contributed by atoms with van der Waals surface area (Å²) in [4.78, 5) is 0. The van der Waals surface area contributed by atoms with Crippen LogP contribution in [-0.4, -0.2) is 27.1 Å². The standard InChI is InChI=1S/C9H10F2N4OS/c1-5-6(2-3-16-5)8-13-14-9(15(8)12)17-4-7(10)11/h2-3,7H,4,12H2,1H3. The number of hydrogen-bond acceptors (Lipinski definition) is 5. The zero-order valence-electron chi connectivity index (χ0n) is 8.93. The molecule has 0 saturated heterocycles. The highest BCUT2D eigenvalue weighted by atomic mass is 32.2. The van der Waals surface area contributed by atoms with Gasteiger partial charge in [0.1, 0.15) is 5.76 Å². The predicted molar refractivity (Wildman–Crippen MR) is 59.3 cm³/mol. The van der Waals surface area contributed by atoms with Crippen LogP contribution in [0.1, 0.15) is 5.76 Å². The Labute approximate surface area is 100.0 Å². The van der Waals surface area contributed by atoms with Gasteiger partial charge in [0.05, 0.1) is 17.6 Å². The van der Waals surface area contributed by atoms with Gasteiger partial charge in [-0.3, -0.25) is 0 Å². The first-order valence-corrected chi connectivity index (χ1v) is 5.74. The van der Waals surface area contributed by atoms with Crippen LogP contribution in [0.15, 0.2) is 21.9 Å². The van der Waals surface area contributed by atoms with Crippen LogP contribution in [0.3, 0.4) is 0 Å². The summed E-state index contributed by atoms with van der Waals surface area (Å²) in [6.45, 7) is 1.76. The molecule has 0 unspecified atom stereocenters. The van der Waals surface area contributed by atoms with E-state index in [0.29, 0.717) is 17.1 Å². The summed E-state index contributed by atoms with van der Waals surface area (Å²) < 4.78 is 30.4. The van der Waals surface area contributed by atoms with E-state index in [1.54, 1.807) is 13.0 Å². The van der Waals surface area contributed by atoms with Crippen LogP contribution in [-0.2, 0) is 0 Å². The Bertz CT molecular complexity index is 511. The molecular formula is C9H10F2N4OS. The van der Waals surface area contributed by atoms with E-state index in [4.69, 9.17) is 10.3 Å². The molecule has 0 saturated carbocycles. The smallest absolute Gasteiger partial charge is 0.248 e. The van der Waals surface area contributed by atoms with Crippen LogP contribution in [0.5, 0.6) is 0 Å². The van der Waals surface area contributed by atoms with E-state index < -0.39 is 6.43 Å². The van der Waals surface area contributed by atoms with Gasteiger partial charge in [-0.1, -0.05) is 11.8 Å². The lowest BCUT2D eigenvalue weighted by Crippen LogP contribution is -2.12. The molecule has 0 aromatic carbocycles. The van der Waals surface area contributed by atoms with Crippen molar-refractivity contribution in [1.82, 2.24) is 14.9 Å². The number of nitrogens with two attached hydrogens (primary N) is 1. The molecule has 17 heavy (non-hydrogen) atoms. The van der Waals surface area contributed by atoms with Gasteiger partial charge in [0, 0.05) is 0 Å². The van der Waals surface area contributed by atoms with Gasteiger partial charge in [-0.05, 0) is 13.0 Å². The lowest BCUT2D eigenvalue weighted by molar-refractivity contribution is 0.176. The lowest BCUT2D eigenvalue weighted by Gasteiger charge is -2.02. The van der Waals surface area contributed by atoms with E-state index in [1.165, 1.54) is 10.9 Å². The summed E-state index contributed by atoms with van der Waals surface area (Å²) in [6.07, 6.45) is -0.901. The monoisotopic (exact) mass is 260 g/mol. The molecule has 0 spiro atoms. The van der Waals surface area contributed by atoms with E-state index in [2.05, 4.69) is 10.2 Å². The maximum absolute atomic E-state index is 12.1. The summed E-state index contributed by atoms with van der Waals surface area (Å²) in [5.74, 6) is 6.42. The average molecular weight is 260 g/mol. The van der Waals surface area contributed by atoms with Crippen molar-refractivity contribution in [3.8, 4) is 11.4 Å². The number of halogens is 2. The fourth-order valence-corrected chi connectivity index (χ4v) is 1.91. The van der Waals surface area contributed by atoms with Gasteiger partial charge in [-0.15, -0.1) is 10.2 Å². The molecule has 8 heteroatoms. The van der Waals surface area contributed by atoms with Gasteiger partial charge < -0.3 is 10.3 Å². The van der Waals surface area contributed by atoms with Gasteiger partial charge in [-0.2, -0.15) is 0 Å². The summed E-state index contributed by atoms with van der Waals surface area (Å²) in [6, 6.07) is 1.70. The third-order valence-electron chi connectivity index (χ3n) is 2.10. The molecule has 0 aliphatic carbocycles. The fraction of sp³-hybridized carbons (Fsp3) is 0.333. The van der Waals surface area contributed by atoms with Gasteiger partial charge >= 0.3 is 0 Å². The lowest BCUT2D eigenvalue weighted by atomic mass is 10.2. The molecular weight excluding hydrogens is 250 g/mol. The van der Waals surface area contributed by atoms with Crippen LogP contribution in [0.2, 0.25) is 0 Å². The van der Waals surface area contributed by atoms with Crippen LogP contribution in [0.4, 0.5) is 8.78 Å². The van der Waals surface area contributed by atoms with Crippen molar-refractivity contribution in [3.05, 3.63) is 18.1 Å². The molecule has 92 valence electrons. The molecule has 0 fully saturated rings. The summed E-state index contributed by atoms with van der Waals surface area (Å²) in [7, 11) is 0. The number of furan rings is 1. The molecule has 2 aromatic rings. The normalized spacial score (nSPS) is 11.3. The van der Waals surface area contributed by atoms with Crippen molar-refractivity contribution in [1.29, 1.82) is 0 Å². The zero-order chi connectivity index (χ0) is 12.4. The second kappa shape index (κ2) is 4.74. The van der Waals surface area contributed by atoms with Gasteiger partial charge in [-0.25, -0.2) is 13.5 Å². The van der Waals surface area contributed by atoms with E-state index in [9.17, 15) is 8.78 Å². The molecule has 0 aliphatic rings. The maximum Gasteiger partial charge on any atom is 0.248 e. The summed E-state index contributed by atoms with van der Waals surface area (Å²) in [5.41, 5.74) is 0.698. The molecule has 0 bridgehead atoms. The number of aromatic nitrogens is 3. The van der Waals surface area contributed by atoms with Crippen LogP contribution in [0.25, 0.3) is 11.4 Å². The highest BCUT2D eigenvalue weighted by molar-refractivity contribution is 7.99. The highest BCUT2D eigenvalue weighted by Gasteiger charge is 2.16. The van der Waals surface area contributed by atoms with Gasteiger partial charge in [0.15, 0.2) is 5.82 Å². The Morgan fingerprint density at radius 3 is 2.88 bits per heavy atom. The molecule has 0 radical (unpaired) electrons. The topological polar surface area (TPSA) is 69.9 Å². The molecule has 2 heterocycles. The van der Waals surface area contributed by atoms with Crippen molar-refractivity contribution in [2.75, 3.05) is 11.6 Å². The number of rotatable bonds is 4. The third kappa shape index (κ3) is 2.41. The Balaban J connectivity index is 2.24. The first-order valence-electron chi connectivity index (χ1n) is 4.75. The molecule has 2 rings (SSSR count). The minimum Gasteiger partial charge on any atom is -0.469 e. The quantitative estimate of drug-likeness (QED) is 0.671. The summed E-state index contributed by atoms with van der Waals surface area (Å²) in [5, 5.41) is 7.87. The zero-order valence-corrected chi connectivity index (χ0v) is 9.75. The first kappa shape index (κ1) is 11.9. The summed E-state index contributed by atoms with van der Waals surface area (Å²) >= 11 is 0.863. The number of hydrogen-bond donors (Lipinski definition) is 1. The van der Waals surface area contributed by atoms with Crippen molar-refractivity contribution >= 4 is 11.8 Å². The molecule has 0 aliphatic heterocycles. The number of alkyl halides is 2. The average Bonchev–Trinajstić information content (AvgIpc) is 2.82. The number of aryl methyl sites for hydroxylation is 1. The maximum atomic E-state index is 12.1. The highest BCUT2D eigenvalue weighted by Crippen LogP contribution is 2.25. The second-order valence-corrected chi connectivity index (χ2v) is 4.26. The van der Waals surface area contributed by atoms with Crippen LogP contribution < -0.4 is 5.84 Å². The van der Waals surface area contributed by atoms with E-state index in [0.717, 1.165) is 11.8 Å². The van der Waals surface area contributed by atoms with Gasteiger partial charge in [0.2, 0.25) is 11.6 Å². The van der Waals surface area contributed by atoms with Crippen molar-refractivity contribution in [2.24, 2.45) is 0 Å². The third-order valence-corrected chi connectivity index (χ3v) is 3.06.